The van der Waals surface area contributed by atoms with Gasteiger partial charge in [-0.15, -0.1) is 0 Å². The first-order valence-electron chi connectivity index (χ1n) is 4.80. The summed E-state index contributed by atoms with van der Waals surface area (Å²) in [7, 11) is 1.27. The number of hydrogen-bond donors (Lipinski definition) is 1. The van der Waals surface area contributed by atoms with Crippen molar-refractivity contribution in [3.8, 4) is 0 Å². The number of carbonyl (C=O) groups is 2. The molecular weight excluding hydrogens is 184 g/mol. The molecule has 4 heteroatoms. The fourth-order valence-electron chi connectivity index (χ4n) is 1.21. The normalized spacial score (nSPS) is 14.5. The average molecular weight is 202 g/mol. The zero-order valence-electron chi connectivity index (χ0n) is 8.95. The van der Waals surface area contributed by atoms with Gasteiger partial charge in [0.05, 0.1) is 19.4 Å². The summed E-state index contributed by atoms with van der Waals surface area (Å²) in [5.41, 5.74) is 0. The molecule has 14 heavy (non-hydrogen) atoms. The lowest BCUT2D eigenvalue weighted by Gasteiger charge is -2.14. The van der Waals surface area contributed by atoms with Gasteiger partial charge in [-0.2, -0.15) is 0 Å². The molecule has 0 saturated heterocycles. The minimum Gasteiger partial charge on any atom is -0.481 e. The quantitative estimate of drug-likeness (QED) is 0.666. The topological polar surface area (TPSA) is 63.6 Å². The number of carboxylic acids is 1. The van der Waals surface area contributed by atoms with Gasteiger partial charge in [0.2, 0.25) is 0 Å². The van der Waals surface area contributed by atoms with E-state index in [2.05, 4.69) is 4.74 Å². The smallest absolute Gasteiger partial charge is 0.307 e. The Kier molecular flexibility index (Phi) is 5.92. The zero-order valence-corrected chi connectivity index (χ0v) is 8.95. The highest BCUT2D eigenvalue weighted by Crippen LogP contribution is 2.18. The number of rotatable bonds is 6. The monoisotopic (exact) mass is 202 g/mol. The molecule has 0 aliphatic heterocycles. The predicted molar refractivity (Wildman–Crippen MR) is 51.8 cm³/mol. The van der Waals surface area contributed by atoms with Crippen molar-refractivity contribution in [1.29, 1.82) is 0 Å². The molecular formula is C10H18O4. The van der Waals surface area contributed by atoms with Gasteiger partial charge >= 0.3 is 11.9 Å². The van der Waals surface area contributed by atoms with Crippen molar-refractivity contribution >= 4 is 11.9 Å². The Bertz CT molecular complexity index is 200. The Morgan fingerprint density at radius 3 is 2.36 bits per heavy atom. The summed E-state index contributed by atoms with van der Waals surface area (Å²) in [6, 6.07) is 0. The first kappa shape index (κ1) is 12.9. The van der Waals surface area contributed by atoms with Crippen LogP contribution in [0.5, 0.6) is 0 Å². The summed E-state index contributed by atoms with van der Waals surface area (Å²) >= 11 is 0. The van der Waals surface area contributed by atoms with E-state index in [1.165, 1.54) is 7.11 Å². The minimum atomic E-state index is -0.921. The number of esters is 1. The van der Waals surface area contributed by atoms with Gasteiger partial charge in [-0.25, -0.2) is 0 Å². The third-order valence-corrected chi connectivity index (χ3v) is 2.37. The molecule has 82 valence electrons. The van der Waals surface area contributed by atoms with Crippen LogP contribution in [0.4, 0.5) is 0 Å². The minimum absolute atomic E-state index is 0.0316. The van der Waals surface area contributed by atoms with Crippen molar-refractivity contribution in [3.63, 3.8) is 0 Å². The number of ether oxygens (including phenoxy) is 1. The third kappa shape index (κ3) is 4.84. The Morgan fingerprint density at radius 1 is 1.43 bits per heavy atom. The molecule has 0 aromatic rings. The molecule has 0 radical (unpaired) electrons. The van der Waals surface area contributed by atoms with Crippen LogP contribution in [0.15, 0.2) is 0 Å². The van der Waals surface area contributed by atoms with Gasteiger partial charge < -0.3 is 9.84 Å². The largest absolute Gasteiger partial charge is 0.481 e. The fourth-order valence-corrected chi connectivity index (χ4v) is 1.21. The maximum Gasteiger partial charge on any atom is 0.307 e. The molecule has 0 saturated carbocycles. The van der Waals surface area contributed by atoms with Crippen molar-refractivity contribution in [2.45, 2.75) is 33.1 Å². The lowest BCUT2D eigenvalue weighted by molar-refractivity contribution is -0.150. The van der Waals surface area contributed by atoms with Crippen LogP contribution in [0, 0.1) is 11.8 Å². The van der Waals surface area contributed by atoms with E-state index in [9.17, 15) is 9.59 Å². The highest BCUT2D eigenvalue weighted by Gasteiger charge is 2.23. The summed E-state index contributed by atoms with van der Waals surface area (Å²) in [5.74, 6) is -1.67. The van der Waals surface area contributed by atoms with Gasteiger partial charge in [-0.3, -0.25) is 9.59 Å². The number of methoxy groups -OCH3 is 1. The van der Waals surface area contributed by atoms with E-state index in [4.69, 9.17) is 5.11 Å². The second-order valence-electron chi connectivity index (χ2n) is 3.56. The van der Waals surface area contributed by atoms with E-state index in [0.29, 0.717) is 12.3 Å². The Balaban J connectivity index is 4.16. The second-order valence-corrected chi connectivity index (χ2v) is 3.56. The maximum atomic E-state index is 10.9. The van der Waals surface area contributed by atoms with Gasteiger partial charge in [0.15, 0.2) is 0 Å². The molecule has 0 spiro atoms. The standard InChI is InChI=1S/C10H18O4/c1-4-7(2)5-8(10(12)13)6-9(11)14-3/h7-8H,4-6H2,1-3H3,(H,12,13). The van der Waals surface area contributed by atoms with Gasteiger partial charge in [-0.05, 0) is 12.3 Å². The molecule has 0 amide bonds. The molecule has 2 atom stereocenters. The van der Waals surface area contributed by atoms with Crippen LogP contribution in [0.25, 0.3) is 0 Å². The van der Waals surface area contributed by atoms with Gasteiger partial charge in [-0.1, -0.05) is 20.3 Å². The molecule has 0 fully saturated rings. The van der Waals surface area contributed by atoms with Crippen molar-refractivity contribution < 1.29 is 19.4 Å². The number of aliphatic carboxylic acids is 1. The van der Waals surface area contributed by atoms with Gasteiger partial charge in [0.1, 0.15) is 0 Å². The number of hydrogen-bond acceptors (Lipinski definition) is 3. The summed E-state index contributed by atoms with van der Waals surface area (Å²) < 4.78 is 4.44. The van der Waals surface area contributed by atoms with Crippen molar-refractivity contribution in [3.05, 3.63) is 0 Å². The van der Waals surface area contributed by atoms with E-state index < -0.39 is 17.9 Å². The van der Waals surface area contributed by atoms with Crippen LogP contribution in [-0.2, 0) is 14.3 Å². The molecule has 0 rings (SSSR count). The lowest BCUT2D eigenvalue weighted by atomic mass is 9.92. The maximum absolute atomic E-state index is 10.9. The van der Waals surface area contributed by atoms with E-state index >= 15 is 0 Å². The molecule has 0 aliphatic rings. The Hall–Kier alpha value is -1.06. The van der Waals surface area contributed by atoms with Crippen LogP contribution >= 0.6 is 0 Å². The Labute approximate surface area is 84.3 Å². The van der Waals surface area contributed by atoms with Crippen LogP contribution < -0.4 is 0 Å². The predicted octanol–water partition coefficient (Wildman–Crippen LogP) is 1.69. The molecule has 2 unspecified atom stereocenters. The van der Waals surface area contributed by atoms with Crippen LogP contribution in [0.1, 0.15) is 33.1 Å². The average Bonchev–Trinajstić information content (AvgIpc) is 2.16. The van der Waals surface area contributed by atoms with E-state index in [1.54, 1.807) is 0 Å². The molecule has 0 aromatic heterocycles. The molecule has 4 nitrogen and oxygen atoms in total. The second kappa shape index (κ2) is 6.40. The van der Waals surface area contributed by atoms with Crippen LogP contribution in [-0.4, -0.2) is 24.2 Å². The van der Waals surface area contributed by atoms with Crippen molar-refractivity contribution in [2.75, 3.05) is 7.11 Å². The summed E-state index contributed by atoms with van der Waals surface area (Å²) in [5, 5.41) is 8.85. The zero-order chi connectivity index (χ0) is 11.1. The van der Waals surface area contributed by atoms with E-state index in [-0.39, 0.29) is 6.42 Å². The molecule has 0 aliphatic carbocycles. The first-order chi connectivity index (χ1) is 6.51. The van der Waals surface area contributed by atoms with Crippen molar-refractivity contribution in [2.24, 2.45) is 11.8 Å². The molecule has 0 bridgehead atoms. The summed E-state index contributed by atoms with van der Waals surface area (Å²) in [6.45, 7) is 3.98. The lowest BCUT2D eigenvalue weighted by Crippen LogP contribution is -2.21. The highest BCUT2D eigenvalue weighted by atomic mass is 16.5. The molecule has 0 aromatic carbocycles. The van der Waals surface area contributed by atoms with E-state index in [0.717, 1.165) is 6.42 Å². The fraction of sp³-hybridized carbons (Fsp3) is 0.800. The third-order valence-electron chi connectivity index (χ3n) is 2.37. The number of carboxylic acid groups (broad SMARTS) is 1. The number of carbonyl (C=O) groups excluding carboxylic acids is 1. The molecule has 1 N–H and O–H groups in total. The summed E-state index contributed by atoms with van der Waals surface area (Å²) in [6.07, 6.45) is 1.42. The SMILES string of the molecule is CCC(C)CC(CC(=O)OC)C(=O)O. The van der Waals surface area contributed by atoms with Crippen LogP contribution in [0.2, 0.25) is 0 Å². The highest BCUT2D eigenvalue weighted by molar-refractivity contribution is 5.78. The van der Waals surface area contributed by atoms with Crippen LogP contribution in [0.3, 0.4) is 0 Å². The van der Waals surface area contributed by atoms with E-state index in [1.807, 2.05) is 13.8 Å². The first-order valence-corrected chi connectivity index (χ1v) is 4.80. The molecule has 0 heterocycles. The Morgan fingerprint density at radius 2 is 2.00 bits per heavy atom. The van der Waals surface area contributed by atoms with Gasteiger partial charge in [0, 0.05) is 0 Å². The van der Waals surface area contributed by atoms with Gasteiger partial charge in [0.25, 0.3) is 0 Å². The summed E-state index contributed by atoms with van der Waals surface area (Å²) in [4.78, 5) is 21.7. The van der Waals surface area contributed by atoms with Crippen molar-refractivity contribution in [1.82, 2.24) is 0 Å².